The van der Waals surface area contributed by atoms with Gasteiger partial charge in [-0.05, 0) is 36.4 Å². The quantitative estimate of drug-likeness (QED) is 0.873. The second kappa shape index (κ2) is 4.92. The SMILES string of the molecule is CN(c1ccc2c(c1)OCO2)S(=O)(=O)c1ccc(F)cc1. The normalized spacial score (nSPS) is 13.2. The average Bonchev–Trinajstić information content (AvgIpc) is 2.94. The molecule has 1 heterocycles. The number of hydrogen-bond acceptors (Lipinski definition) is 4. The van der Waals surface area contributed by atoms with Gasteiger partial charge in [-0.1, -0.05) is 0 Å². The number of rotatable bonds is 3. The van der Waals surface area contributed by atoms with Crippen LogP contribution in [0.4, 0.5) is 10.1 Å². The molecule has 1 aliphatic heterocycles. The lowest BCUT2D eigenvalue weighted by Crippen LogP contribution is -2.26. The zero-order valence-corrected chi connectivity index (χ0v) is 11.9. The maximum absolute atomic E-state index is 12.9. The molecule has 5 nitrogen and oxygen atoms in total. The number of fused-ring (bicyclic) bond motifs is 1. The molecule has 7 heteroatoms. The molecular weight excluding hydrogens is 297 g/mol. The number of benzene rings is 2. The van der Waals surface area contributed by atoms with E-state index in [0.717, 1.165) is 16.4 Å². The minimum atomic E-state index is -3.76. The second-order valence-electron chi connectivity index (χ2n) is 4.46. The van der Waals surface area contributed by atoms with Gasteiger partial charge in [-0.3, -0.25) is 4.31 Å². The van der Waals surface area contributed by atoms with Crippen molar-refractivity contribution in [2.45, 2.75) is 4.90 Å². The van der Waals surface area contributed by atoms with Gasteiger partial charge < -0.3 is 9.47 Å². The molecule has 0 saturated carbocycles. The van der Waals surface area contributed by atoms with Crippen LogP contribution in [0.2, 0.25) is 0 Å². The molecule has 0 radical (unpaired) electrons. The zero-order valence-electron chi connectivity index (χ0n) is 11.1. The smallest absolute Gasteiger partial charge is 0.264 e. The van der Waals surface area contributed by atoms with Crippen molar-refractivity contribution >= 4 is 15.7 Å². The van der Waals surface area contributed by atoms with Gasteiger partial charge in [-0.2, -0.15) is 0 Å². The fraction of sp³-hybridized carbons (Fsp3) is 0.143. The predicted molar refractivity (Wildman–Crippen MR) is 74.6 cm³/mol. The lowest BCUT2D eigenvalue weighted by molar-refractivity contribution is 0.174. The number of anilines is 1. The van der Waals surface area contributed by atoms with Gasteiger partial charge in [0.1, 0.15) is 5.82 Å². The molecule has 110 valence electrons. The van der Waals surface area contributed by atoms with E-state index in [4.69, 9.17) is 9.47 Å². The third kappa shape index (κ3) is 2.40. The molecule has 0 aromatic heterocycles. The predicted octanol–water partition coefficient (Wildman–Crippen LogP) is 2.38. The van der Waals surface area contributed by atoms with Crippen molar-refractivity contribution in [3.63, 3.8) is 0 Å². The van der Waals surface area contributed by atoms with E-state index in [2.05, 4.69) is 0 Å². The summed E-state index contributed by atoms with van der Waals surface area (Å²) in [6.45, 7) is 0.118. The fourth-order valence-electron chi connectivity index (χ4n) is 1.98. The molecule has 1 aliphatic rings. The van der Waals surface area contributed by atoms with E-state index in [9.17, 15) is 12.8 Å². The maximum Gasteiger partial charge on any atom is 0.264 e. The topological polar surface area (TPSA) is 55.8 Å². The molecule has 2 aromatic rings. The van der Waals surface area contributed by atoms with Crippen molar-refractivity contribution < 1.29 is 22.3 Å². The Morgan fingerprint density at radius 3 is 2.43 bits per heavy atom. The Labute approximate surface area is 121 Å². The van der Waals surface area contributed by atoms with Crippen molar-refractivity contribution in [2.75, 3.05) is 18.1 Å². The Bertz CT molecular complexity index is 774. The summed E-state index contributed by atoms with van der Waals surface area (Å²) in [6, 6.07) is 9.54. The van der Waals surface area contributed by atoms with Crippen LogP contribution in [0.5, 0.6) is 11.5 Å². The first-order valence-corrected chi connectivity index (χ1v) is 7.56. The van der Waals surface area contributed by atoms with Crippen molar-refractivity contribution in [3.8, 4) is 11.5 Å². The van der Waals surface area contributed by atoms with Crippen LogP contribution in [-0.2, 0) is 10.0 Å². The van der Waals surface area contributed by atoms with Gasteiger partial charge in [0, 0.05) is 13.1 Å². The van der Waals surface area contributed by atoms with Crippen LogP contribution in [-0.4, -0.2) is 22.3 Å². The molecular formula is C14H12FNO4S. The molecule has 3 rings (SSSR count). The van der Waals surface area contributed by atoms with E-state index in [1.54, 1.807) is 18.2 Å². The van der Waals surface area contributed by atoms with Crippen molar-refractivity contribution in [3.05, 3.63) is 48.3 Å². The summed E-state index contributed by atoms with van der Waals surface area (Å²) in [5.74, 6) is 0.583. The second-order valence-corrected chi connectivity index (χ2v) is 6.43. The van der Waals surface area contributed by atoms with Gasteiger partial charge in [0.15, 0.2) is 11.5 Å². The molecule has 0 fully saturated rings. The Hall–Kier alpha value is -2.28. The highest BCUT2D eigenvalue weighted by atomic mass is 32.2. The van der Waals surface area contributed by atoms with Gasteiger partial charge in [-0.15, -0.1) is 0 Å². The minimum Gasteiger partial charge on any atom is -0.454 e. The molecule has 0 atom stereocenters. The minimum absolute atomic E-state index is 0.0177. The standard InChI is InChI=1S/C14H12FNO4S/c1-16(11-4-7-13-14(8-11)20-9-19-13)21(17,18)12-5-2-10(15)3-6-12/h2-8H,9H2,1H3. The number of hydrogen-bond donors (Lipinski definition) is 0. The van der Waals surface area contributed by atoms with E-state index >= 15 is 0 Å². The van der Waals surface area contributed by atoms with E-state index in [1.807, 2.05) is 0 Å². The van der Waals surface area contributed by atoms with E-state index < -0.39 is 15.8 Å². The highest BCUT2D eigenvalue weighted by Crippen LogP contribution is 2.36. The van der Waals surface area contributed by atoms with Crippen molar-refractivity contribution in [1.82, 2.24) is 0 Å². The summed E-state index contributed by atoms with van der Waals surface area (Å²) < 4.78 is 49.4. The maximum atomic E-state index is 12.9. The van der Waals surface area contributed by atoms with Gasteiger partial charge in [0.05, 0.1) is 10.6 Å². The van der Waals surface area contributed by atoms with E-state index in [0.29, 0.717) is 17.2 Å². The molecule has 0 spiro atoms. The lowest BCUT2D eigenvalue weighted by Gasteiger charge is -2.19. The number of halogens is 1. The third-order valence-electron chi connectivity index (χ3n) is 3.19. The number of ether oxygens (including phenoxy) is 2. The first-order valence-electron chi connectivity index (χ1n) is 6.12. The van der Waals surface area contributed by atoms with Crippen LogP contribution < -0.4 is 13.8 Å². The van der Waals surface area contributed by atoms with Crippen LogP contribution in [0, 0.1) is 5.82 Å². The molecule has 0 aliphatic carbocycles. The largest absolute Gasteiger partial charge is 0.454 e. The molecule has 0 unspecified atom stereocenters. The molecule has 2 aromatic carbocycles. The van der Waals surface area contributed by atoms with E-state index in [1.165, 1.54) is 19.2 Å². The van der Waals surface area contributed by atoms with Crippen molar-refractivity contribution in [2.24, 2.45) is 0 Å². The summed E-state index contributed by atoms with van der Waals surface area (Å²) >= 11 is 0. The Morgan fingerprint density at radius 1 is 1.05 bits per heavy atom. The summed E-state index contributed by atoms with van der Waals surface area (Å²) in [7, 11) is -2.33. The summed E-state index contributed by atoms with van der Waals surface area (Å²) in [6.07, 6.45) is 0. The van der Waals surface area contributed by atoms with Gasteiger partial charge in [-0.25, -0.2) is 12.8 Å². The summed E-state index contributed by atoms with van der Waals surface area (Å²) in [4.78, 5) is 0.0177. The molecule has 0 N–H and O–H groups in total. The van der Waals surface area contributed by atoms with Gasteiger partial charge in [0.2, 0.25) is 6.79 Å². The first kappa shape index (κ1) is 13.7. The van der Waals surface area contributed by atoms with Gasteiger partial charge in [0.25, 0.3) is 10.0 Å². The third-order valence-corrected chi connectivity index (χ3v) is 4.99. The van der Waals surface area contributed by atoms with Crippen LogP contribution in [0.3, 0.4) is 0 Å². The molecule has 0 saturated heterocycles. The van der Waals surface area contributed by atoms with Crippen LogP contribution in [0.15, 0.2) is 47.4 Å². The van der Waals surface area contributed by atoms with Crippen LogP contribution in [0.25, 0.3) is 0 Å². The van der Waals surface area contributed by atoms with Gasteiger partial charge >= 0.3 is 0 Å². The zero-order chi connectivity index (χ0) is 15.0. The Kier molecular flexibility index (Phi) is 3.21. The van der Waals surface area contributed by atoms with E-state index in [-0.39, 0.29) is 11.7 Å². The lowest BCUT2D eigenvalue weighted by atomic mass is 10.3. The summed E-state index contributed by atoms with van der Waals surface area (Å²) in [5.41, 5.74) is 0.434. The fourth-order valence-corrected chi connectivity index (χ4v) is 3.17. The first-order chi connectivity index (χ1) is 9.98. The average molecular weight is 309 g/mol. The van der Waals surface area contributed by atoms with Crippen molar-refractivity contribution in [1.29, 1.82) is 0 Å². The number of nitrogens with zero attached hydrogens (tertiary/aromatic N) is 1. The van der Waals surface area contributed by atoms with Crippen LogP contribution in [0.1, 0.15) is 0 Å². The highest BCUT2D eigenvalue weighted by molar-refractivity contribution is 7.92. The molecule has 0 bridgehead atoms. The van der Waals surface area contributed by atoms with Crippen LogP contribution >= 0.6 is 0 Å². The summed E-state index contributed by atoms with van der Waals surface area (Å²) in [5, 5.41) is 0. The Balaban J connectivity index is 1.97. The molecule has 21 heavy (non-hydrogen) atoms. The monoisotopic (exact) mass is 309 g/mol. The number of sulfonamides is 1. The Morgan fingerprint density at radius 2 is 1.71 bits per heavy atom. The highest BCUT2D eigenvalue weighted by Gasteiger charge is 2.23. The molecule has 0 amide bonds.